The molecule has 1 heterocycles. The Hall–Kier alpha value is -1.83. The van der Waals surface area contributed by atoms with Gasteiger partial charge in [0.1, 0.15) is 5.82 Å². The van der Waals surface area contributed by atoms with Crippen LogP contribution in [0.4, 0.5) is 28.0 Å². The summed E-state index contributed by atoms with van der Waals surface area (Å²) in [6.07, 6.45) is -2.73. The molecule has 0 aromatic heterocycles. The fourth-order valence-corrected chi connectivity index (χ4v) is 2.93. The van der Waals surface area contributed by atoms with Crippen molar-refractivity contribution in [3.63, 3.8) is 0 Å². The second kappa shape index (κ2) is 7.38. The molecule has 0 aliphatic carbocycles. The molecule has 1 unspecified atom stereocenters. The van der Waals surface area contributed by atoms with Crippen molar-refractivity contribution in [3.8, 4) is 0 Å². The number of piperidine rings is 1. The molecule has 0 radical (unpaired) electrons. The minimum absolute atomic E-state index is 0.0821. The van der Waals surface area contributed by atoms with Crippen LogP contribution in [-0.4, -0.2) is 49.6 Å². The molecule has 1 fully saturated rings. The van der Waals surface area contributed by atoms with Crippen molar-refractivity contribution in [2.45, 2.75) is 19.0 Å². The van der Waals surface area contributed by atoms with Gasteiger partial charge < -0.3 is 15.1 Å². The number of hydrogen-bond donors (Lipinski definition) is 1. The van der Waals surface area contributed by atoms with Crippen LogP contribution in [0.15, 0.2) is 18.2 Å². The van der Waals surface area contributed by atoms with Gasteiger partial charge in [0.15, 0.2) is 0 Å². The number of nitrogens with one attached hydrogen (secondary N) is 1. The van der Waals surface area contributed by atoms with Gasteiger partial charge >= 0.3 is 12.2 Å². The van der Waals surface area contributed by atoms with Gasteiger partial charge in [-0.05, 0) is 50.6 Å². The minimum atomic E-state index is -4.80. The first-order valence-corrected chi connectivity index (χ1v) is 7.74. The van der Waals surface area contributed by atoms with Gasteiger partial charge in [0, 0.05) is 25.8 Å². The Kier molecular flexibility index (Phi) is 5.69. The van der Waals surface area contributed by atoms with E-state index in [9.17, 15) is 22.4 Å². The first kappa shape index (κ1) is 18.5. The highest BCUT2D eigenvalue weighted by Crippen LogP contribution is 2.33. The standard InChI is InChI=1S/C16H21F4N3O/c1-22-7-3-4-11(9-22)10-23(2)15(24)21-12-5-6-14(17)13(8-12)16(18,19)20/h5-6,8,11H,3-4,7,9-10H2,1-2H3,(H,21,24). The van der Waals surface area contributed by atoms with Crippen molar-refractivity contribution < 1.29 is 22.4 Å². The summed E-state index contributed by atoms with van der Waals surface area (Å²) in [5, 5.41) is 2.39. The molecule has 1 aliphatic rings. The van der Waals surface area contributed by atoms with E-state index in [2.05, 4.69) is 10.2 Å². The molecule has 1 aromatic carbocycles. The summed E-state index contributed by atoms with van der Waals surface area (Å²) in [7, 11) is 3.61. The highest BCUT2D eigenvalue weighted by atomic mass is 19.4. The van der Waals surface area contributed by atoms with Crippen LogP contribution >= 0.6 is 0 Å². The van der Waals surface area contributed by atoms with Gasteiger partial charge in [-0.3, -0.25) is 0 Å². The number of hydrogen-bond acceptors (Lipinski definition) is 2. The quantitative estimate of drug-likeness (QED) is 0.847. The summed E-state index contributed by atoms with van der Waals surface area (Å²) in [5.74, 6) is -1.03. The molecule has 8 heteroatoms. The lowest BCUT2D eigenvalue weighted by molar-refractivity contribution is -0.139. The molecule has 2 amide bonds. The van der Waals surface area contributed by atoms with E-state index in [4.69, 9.17) is 0 Å². The van der Waals surface area contributed by atoms with Gasteiger partial charge in [0.25, 0.3) is 0 Å². The minimum Gasteiger partial charge on any atom is -0.327 e. The molecule has 134 valence electrons. The van der Waals surface area contributed by atoms with Crippen molar-refractivity contribution in [1.82, 2.24) is 9.80 Å². The van der Waals surface area contributed by atoms with Crippen LogP contribution in [0.5, 0.6) is 0 Å². The topological polar surface area (TPSA) is 35.6 Å². The van der Waals surface area contributed by atoms with Crippen LogP contribution in [-0.2, 0) is 6.18 Å². The molecule has 1 atom stereocenters. The molecule has 4 nitrogen and oxygen atoms in total. The summed E-state index contributed by atoms with van der Waals surface area (Å²) in [6.45, 7) is 2.43. The van der Waals surface area contributed by atoms with Crippen LogP contribution in [0.3, 0.4) is 0 Å². The number of likely N-dealkylation sites (tertiary alicyclic amines) is 1. The average molecular weight is 347 g/mol. The lowest BCUT2D eigenvalue weighted by Crippen LogP contribution is -2.41. The Morgan fingerprint density at radius 3 is 2.75 bits per heavy atom. The smallest absolute Gasteiger partial charge is 0.327 e. The van der Waals surface area contributed by atoms with Gasteiger partial charge in [-0.2, -0.15) is 13.2 Å². The zero-order valence-electron chi connectivity index (χ0n) is 13.7. The molecule has 1 saturated heterocycles. The van der Waals surface area contributed by atoms with E-state index < -0.39 is 23.6 Å². The van der Waals surface area contributed by atoms with E-state index in [0.29, 0.717) is 24.6 Å². The summed E-state index contributed by atoms with van der Waals surface area (Å²) in [6, 6.07) is 1.91. The molecular formula is C16H21F4N3O. The molecule has 0 bridgehead atoms. The zero-order valence-corrected chi connectivity index (χ0v) is 13.7. The van der Waals surface area contributed by atoms with Crippen LogP contribution < -0.4 is 5.32 Å². The number of benzene rings is 1. The van der Waals surface area contributed by atoms with Gasteiger partial charge in [-0.1, -0.05) is 0 Å². The van der Waals surface area contributed by atoms with Crippen LogP contribution in [0.2, 0.25) is 0 Å². The number of carbonyl (C=O) groups excluding carboxylic acids is 1. The Bertz CT molecular complexity index is 591. The van der Waals surface area contributed by atoms with Gasteiger partial charge in [0.2, 0.25) is 0 Å². The molecule has 0 saturated carbocycles. The van der Waals surface area contributed by atoms with Crippen molar-refractivity contribution >= 4 is 11.7 Å². The summed E-state index contributed by atoms with van der Waals surface area (Å²) >= 11 is 0. The van der Waals surface area contributed by atoms with E-state index in [0.717, 1.165) is 32.0 Å². The fraction of sp³-hybridized carbons (Fsp3) is 0.562. The summed E-state index contributed by atoms with van der Waals surface area (Å²) in [5.41, 5.74) is -1.47. The number of alkyl halides is 3. The molecule has 2 rings (SSSR count). The third kappa shape index (κ3) is 4.83. The first-order chi connectivity index (χ1) is 11.2. The average Bonchev–Trinajstić information content (AvgIpc) is 2.48. The lowest BCUT2D eigenvalue weighted by atomic mass is 9.98. The maximum atomic E-state index is 13.3. The number of anilines is 1. The number of rotatable bonds is 3. The largest absolute Gasteiger partial charge is 0.419 e. The third-order valence-corrected chi connectivity index (χ3v) is 4.12. The van der Waals surface area contributed by atoms with E-state index >= 15 is 0 Å². The number of nitrogens with zero attached hydrogens (tertiary/aromatic N) is 2. The SMILES string of the molecule is CN1CCCC(CN(C)C(=O)Nc2ccc(F)c(C(F)(F)F)c2)C1. The first-order valence-electron chi connectivity index (χ1n) is 7.74. The zero-order chi connectivity index (χ0) is 17.9. The number of amides is 2. The van der Waals surface area contributed by atoms with Gasteiger partial charge in [-0.15, -0.1) is 0 Å². The van der Waals surface area contributed by atoms with E-state index in [1.807, 2.05) is 7.05 Å². The predicted molar refractivity (Wildman–Crippen MR) is 83.3 cm³/mol. The van der Waals surface area contributed by atoms with Crippen LogP contribution in [0.25, 0.3) is 0 Å². The highest BCUT2D eigenvalue weighted by Gasteiger charge is 2.34. The second-order valence-electron chi connectivity index (χ2n) is 6.27. The van der Waals surface area contributed by atoms with E-state index in [1.54, 1.807) is 7.05 Å². The monoisotopic (exact) mass is 347 g/mol. The maximum Gasteiger partial charge on any atom is 0.419 e. The summed E-state index contributed by atoms with van der Waals surface area (Å²) < 4.78 is 51.4. The normalized spacial score (nSPS) is 19.2. The van der Waals surface area contributed by atoms with Crippen LogP contribution in [0.1, 0.15) is 18.4 Å². The van der Waals surface area contributed by atoms with Crippen molar-refractivity contribution in [3.05, 3.63) is 29.6 Å². The lowest BCUT2D eigenvalue weighted by Gasteiger charge is -2.32. The molecule has 1 aliphatic heterocycles. The van der Waals surface area contributed by atoms with E-state index in [-0.39, 0.29) is 5.69 Å². The third-order valence-electron chi connectivity index (χ3n) is 4.12. The Labute approximate surface area is 138 Å². The Morgan fingerprint density at radius 1 is 1.42 bits per heavy atom. The molecule has 0 spiro atoms. The Morgan fingerprint density at radius 2 is 2.12 bits per heavy atom. The fourth-order valence-electron chi connectivity index (χ4n) is 2.93. The molecular weight excluding hydrogens is 326 g/mol. The van der Waals surface area contributed by atoms with Crippen LogP contribution in [0, 0.1) is 11.7 Å². The van der Waals surface area contributed by atoms with Crippen molar-refractivity contribution in [2.24, 2.45) is 5.92 Å². The number of halogens is 4. The predicted octanol–water partition coefficient (Wildman–Crippen LogP) is 3.65. The van der Waals surface area contributed by atoms with E-state index in [1.165, 1.54) is 4.90 Å². The molecule has 1 N–H and O–H groups in total. The van der Waals surface area contributed by atoms with Crippen molar-refractivity contribution in [2.75, 3.05) is 39.0 Å². The second-order valence-corrected chi connectivity index (χ2v) is 6.27. The highest BCUT2D eigenvalue weighted by molar-refractivity contribution is 5.89. The Balaban J connectivity index is 1.98. The maximum absolute atomic E-state index is 13.3. The number of carbonyl (C=O) groups is 1. The number of urea groups is 1. The molecule has 24 heavy (non-hydrogen) atoms. The molecule has 1 aromatic rings. The van der Waals surface area contributed by atoms with Crippen molar-refractivity contribution in [1.29, 1.82) is 0 Å². The van der Waals surface area contributed by atoms with Gasteiger partial charge in [-0.25, -0.2) is 9.18 Å². The van der Waals surface area contributed by atoms with Gasteiger partial charge in [0.05, 0.1) is 5.56 Å². The summed E-state index contributed by atoms with van der Waals surface area (Å²) in [4.78, 5) is 15.8.